The van der Waals surface area contributed by atoms with Gasteiger partial charge in [0.2, 0.25) is 10.0 Å². The summed E-state index contributed by atoms with van der Waals surface area (Å²) >= 11 is 4.79. The Morgan fingerprint density at radius 2 is 1.55 bits per heavy atom. The number of hydrogen-bond donors (Lipinski definition) is 2. The van der Waals surface area contributed by atoms with Crippen LogP contribution in [0.5, 0.6) is 0 Å². The molecule has 0 amide bonds. The number of nitrogens with two attached hydrogens (primary N) is 1. The van der Waals surface area contributed by atoms with E-state index < -0.39 is 15.3 Å². The van der Waals surface area contributed by atoms with Gasteiger partial charge in [-0.25, -0.2) is 13.1 Å². The van der Waals surface area contributed by atoms with Crippen molar-refractivity contribution in [2.24, 2.45) is 5.73 Å². The first-order chi connectivity index (χ1) is 9.45. The van der Waals surface area contributed by atoms with Crippen LogP contribution in [0.4, 0.5) is 0 Å². The summed E-state index contributed by atoms with van der Waals surface area (Å²) in [6.45, 7) is 4.47. The zero-order valence-electron chi connectivity index (χ0n) is 12.9. The van der Waals surface area contributed by atoms with Gasteiger partial charge in [0.1, 0.15) is 5.25 Å². The summed E-state index contributed by atoms with van der Waals surface area (Å²) in [5.74, 6) is 0. The molecule has 0 saturated carbocycles. The summed E-state index contributed by atoms with van der Waals surface area (Å²) in [5, 5.41) is -0.744. The van der Waals surface area contributed by atoms with Gasteiger partial charge in [0.15, 0.2) is 0 Å². The molecule has 0 aromatic carbocycles. The molecular weight excluding hydrogens is 292 g/mol. The van der Waals surface area contributed by atoms with Gasteiger partial charge in [-0.05, 0) is 12.8 Å². The van der Waals surface area contributed by atoms with E-state index in [1.54, 1.807) is 6.92 Å². The lowest BCUT2D eigenvalue weighted by atomic mass is 10.1. The molecule has 0 aromatic heterocycles. The second kappa shape index (κ2) is 11.5. The highest BCUT2D eigenvalue weighted by Gasteiger charge is 2.25. The van der Waals surface area contributed by atoms with Crippen molar-refractivity contribution in [3.63, 3.8) is 0 Å². The summed E-state index contributed by atoms with van der Waals surface area (Å²) < 4.78 is 26.5. The van der Waals surface area contributed by atoms with E-state index in [2.05, 4.69) is 11.6 Å². The van der Waals surface area contributed by atoms with Crippen LogP contribution in [0.3, 0.4) is 0 Å². The van der Waals surface area contributed by atoms with Crippen molar-refractivity contribution in [2.75, 3.05) is 6.54 Å². The van der Waals surface area contributed by atoms with E-state index in [0.29, 0.717) is 13.0 Å². The SMILES string of the molecule is CCCCCCCCCCNS(=O)(=O)C(CC)C(N)=S. The molecule has 0 rings (SSSR count). The van der Waals surface area contributed by atoms with Crippen molar-refractivity contribution in [1.82, 2.24) is 4.72 Å². The molecule has 0 bridgehead atoms. The van der Waals surface area contributed by atoms with Gasteiger partial charge < -0.3 is 5.73 Å². The van der Waals surface area contributed by atoms with Gasteiger partial charge >= 0.3 is 0 Å². The van der Waals surface area contributed by atoms with E-state index in [9.17, 15) is 8.42 Å². The lowest BCUT2D eigenvalue weighted by Gasteiger charge is -2.15. The monoisotopic (exact) mass is 322 g/mol. The van der Waals surface area contributed by atoms with Crippen LogP contribution in [-0.4, -0.2) is 25.2 Å². The van der Waals surface area contributed by atoms with Gasteiger partial charge in [0.25, 0.3) is 0 Å². The molecule has 0 aliphatic carbocycles. The second-order valence-electron chi connectivity index (χ2n) is 5.21. The van der Waals surface area contributed by atoms with Gasteiger partial charge in [0.05, 0.1) is 4.99 Å². The molecule has 0 fully saturated rings. The minimum Gasteiger partial charge on any atom is -0.392 e. The van der Waals surface area contributed by atoms with Crippen LogP contribution in [0.2, 0.25) is 0 Å². The Labute approximate surface area is 129 Å². The van der Waals surface area contributed by atoms with Gasteiger partial charge in [-0.15, -0.1) is 0 Å². The van der Waals surface area contributed by atoms with E-state index in [0.717, 1.165) is 12.8 Å². The fourth-order valence-corrected chi connectivity index (χ4v) is 4.07. The number of unbranched alkanes of at least 4 members (excludes halogenated alkanes) is 7. The van der Waals surface area contributed by atoms with Gasteiger partial charge in [-0.2, -0.15) is 0 Å². The Morgan fingerprint density at radius 1 is 1.05 bits per heavy atom. The maximum absolute atomic E-state index is 11.9. The summed E-state index contributed by atoms with van der Waals surface area (Å²) in [6.07, 6.45) is 9.98. The van der Waals surface area contributed by atoms with Crippen molar-refractivity contribution >= 4 is 27.2 Å². The molecule has 0 radical (unpaired) electrons. The first-order valence-corrected chi connectivity index (χ1v) is 9.69. The van der Waals surface area contributed by atoms with Crippen LogP contribution < -0.4 is 10.5 Å². The molecule has 0 aliphatic heterocycles. The largest absolute Gasteiger partial charge is 0.392 e. The van der Waals surface area contributed by atoms with E-state index in [1.807, 2.05) is 0 Å². The highest BCUT2D eigenvalue weighted by Crippen LogP contribution is 2.09. The molecule has 20 heavy (non-hydrogen) atoms. The highest BCUT2D eigenvalue weighted by atomic mass is 32.2. The summed E-state index contributed by atoms with van der Waals surface area (Å²) in [6, 6.07) is 0. The van der Waals surface area contributed by atoms with Crippen LogP contribution in [0.25, 0.3) is 0 Å². The van der Waals surface area contributed by atoms with Crippen LogP contribution in [0.15, 0.2) is 0 Å². The van der Waals surface area contributed by atoms with Crippen molar-refractivity contribution < 1.29 is 8.42 Å². The molecular formula is C14H30N2O2S2. The molecule has 1 unspecified atom stereocenters. The lowest BCUT2D eigenvalue weighted by Crippen LogP contribution is -2.41. The molecule has 0 aliphatic rings. The predicted molar refractivity (Wildman–Crippen MR) is 90.4 cm³/mol. The van der Waals surface area contributed by atoms with Crippen LogP contribution in [-0.2, 0) is 10.0 Å². The summed E-state index contributed by atoms with van der Waals surface area (Å²) in [4.78, 5) is 0.0518. The first kappa shape index (κ1) is 19.8. The Bertz CT molecular complexity index is 356. The van der Waals surface area contributed by atoms with E-state index >= 15 is 0 Å². The van der Waals surface area contributed by atoms with Gasteiger partial charge in [-0.1, -0.05) is 71.0 Å². The summed E-state index contributed by atoms with van der Waals surface area (Å²) in [5.41, 5.74) is 5.46. The third-order valence-electron chi connectivity index (χ3n) is 3.40. The number of rotatable bonds is 13. The molecule has 120 valence electrons. The molecule has 0 heterocycles. The van der Waals surface area contributed by atoms with Crippen molar-refractivity contribution in [2.45, 2.75) is 76.9 Å². The van der Waals surface area contributed by atoms with Crippen LogP contribution in [0, 0.1) is 0 Å². The third kappa shape index (κ3) is 8.87. The zero-order chi connectivity index (χ0) is 15.4. The Kier molecular flexibility index (Phi) is 11.3. The number of thiocarbonyl (C=S) groups is 1. The molecule has 4 nitrogen and oxygen atoms in total. The lowest BCUT2D eigenvalue weighted by molar-refractivity contribution is 0.555. The highest BCUT2D eigenvalue weighted by molar-refractivity contribution is 7.93. The topological polar surface area (TPSA) is 72.2 Å². The molecule has 0 aromatic rings. The van der Waals surface area contributed by atoms with Crippen molar-refractivity contribution in [3.8, 4) is 0 Å². The maximum atomic E-state index is 11.9. The third-order valence-corrected chi connectivity index (χ3v) is 5.77. The quantitative estimate of drug-likeness (QED) is 0.404. The van der Waals surface area contributed by atoms with Crippen molar-refractivity contribution in [3.05, 3.63) is 0 Å². The van der Waals surface area contributed by atoms with Crippen LogP contribution >= 0.6 is 12.2 Å². The number of sulfonamides is 1. The Morgan fingerprint density at radius 3 is 2.00 bits per heavy atom. The van der Waals surface area contributed by atoms with E-state index in [4.69, 9.17) is 18.0 Å². The number of hydrogen-bond acceptors (Lipinski definition) is 3. The standard InChI is InChI=1S/C14H30N2O2S2/c1-3-5-6-7-8-9-10-11-12-16-20(17,18)13(4-2)14(15)19/h13,16H,3-12H2,1-2H3,(H2,15,19). The molecule has 0 spiro atoms. The van der Waals surface area contributed by atoms with E-state index in [1.165, 1.54) is 38.5 Å². The minimum absolute atomic E-state index is 0.0518. The number of nitrogens with one attached hydrogen (secondary N) is 1. The van der Waals surface area contributed by atoms with Gasteiger partial charge in [-0.3, -0.25) is 0 Å². The Hall–Kier alpha value is -0.200. The smallest absolute Gasteiger partial charge is 0.220 e. The average Bonchev–Trinajstić information content (AvgIpc) is 2.36. The van der Waals surface area contributed by atoms with E-state index in [-0.39, 0.29) is 4.99 Å². The molecule has 0 saturated heterocycles. The normalized spacial score (nSPS) is 13.3. The minimum atomic E-state index is -3.39. The average molecular weight is 323 g/mol. The molecule has 6 heteroatoms. The van der Waals surface area contributed by atoms with Crippen molar-refractivity contribution in [1.29, 1.82) is 0 Å². The predicted octanol–water partition coefficient (Wildman–Crippen LogP) is 3.11. The maximum Gasteiger partial charge on any atom is 0.220 e. The van der Waals surface area contributed by atoms with Gasteiger partial charge in [0, 0.05) is 6.54 Å². The summed E-state index contributed by atoms with van der Waals surface area (Å²) in [7, 11) is -3.39. The molecule has 3 N–H and O–H groups in total. The fourth-order valence-electron chi connectivity index (χ4n) is 2.15. The first-order valence-electron chi connectivity index (χ1n) is 7.73. The second-order valence-corrected chi connectivity index (χ2v) is 7.63. The Balaban J connectivity index is 3.71. The molecule has 1 atom stereocenters. The zero-order valence-corrected chi connectivity index (χ0v) is 14.5. The van der Waals surface area contributed by atoms with Crippen LogP contribution in [0.1, 0.15) is 71.6 Å². The fraction of sp³-hybridized carbons (Fsp3) is 0.929.